The molecule has 1 aliphatic rings. The molecule has 1 atom stereocenters. The van der Waals surface area contributed by atoms with Crippen molar-refractivity contribution in [1.82, 2.24) is 0 Å². The molecule has 0 N–H and O–H groups in total. The van der Waals surface area contributed by atoms with Gasteiger partial charge < -0.3 is 4.74 Å². The van der Waals surface area contributed by atoms with E-state index in [0.29, 0.717) is 19.3 Å². The van der Waals surface area contributed by atoms with Crippen LogP contribution in [0.3, 0.4) is 0 Å². The molecular formula is C18H26O5S. The van der Waals surface area contributed by atoms with Gasteiger partial charge in [-0.25, -0.2) is 0 Å². The van der Waals surface area contributed by atoms with E-state index in [1.54, 1.807) is 24.3 Å². The van der Waals surface area contributed by atoms with Crippen molar-refractivity contribution < 1.29 is 22.1 Å². The summed E-state index contributed by atoms with van der Waals surface area (Å²) < 4.78 is 34.7. The maximum absolute atomic E-state index is 12.1. The highest BCUT2D eigenvalue weighted by molar-refractivity contribution is 7.86. The molecule has 0 bridgehead atoms. The molecule has 1 heterocycles. The highest BCUT2D eigenvalue weighted by atomic mass is 32.2. The number of ether oxygens (including phenoxy) is 1. The van der Waals surface area contributed by atoms with Gasteiger partial charge in [-0.2, -0.15) is 8.42 Å². The monoisotopic (exact) mass is 354 g/mol. The van der Waals surface area contributed by atoms with Gasteiger partial charge in [0.25, 0.3) is 10.1 Å². The van der Waals surface area contributed by atoms with E-state index in [9.17, 15) is 13.2 Å². The number of hydrogen-bond donors (Lipinski definition) is 0. The molecule has 1 unspecified atom stereocenters. The van der Waals surface area contributed by atoms with Crippen molar-refractivity contribution in [2.45, 2.75) is 63.9 Å². The minimum Gasteiger partial charge on any atom is -0.462 e. The van der Waals surface area contributed by atoms with Crippen LogP contribution in [0.1, 0.15) is 51.5 Å². The van der Waals surface area contributed by atoms with Gasteiger partial charge in [0.05, 0.1) is 16.9 Å². The second-order valence-electron chi connectivity index (χ2n) is 6.45. The third-order valence-corrected chi connectivity index (χ3v) is 6.22. The van der Waals surface area contributed by atoms with E-state index in [1.807, 2.05) is 20.8 Å². The van der Waals surface area contributed by atoms with Crippen LogP contribution in [-0.2, 0) is 23.8 Å². The van der Waals surface area contributed by atoms with Crippen molar-refractivity contribution in [1.29, 1.82) is 0 Å². The van der Waals surface area contributed by atoms with Gasteiger partial charge >= 0.3 is 5.97 Å². The highest BCUT2D eigenvalue weighted by Crippen LogP contribution is 2.41. The number of aryl methyl sites for hydroxylation is 1. The molecule has 134 valence electrons. The molecule has 0 aliphatic carbocycles. The number of benzene rings is 1. The van der Waals surface area contributed by atoms with Crippen LogP contribution in [0.15, 0.2) is 29.2 Å². The number of cyclic esters (lactones) is 1. The van der Waals surface area contributed by atoms with E-state index >= 15 is 0 Å². The lowest BCUT2D eigenvalue weighted by Gasteiger charge is -2.20. The van der Waals surface area contributed by atoms with Gasteiger partial charge in [-0.05, 0) is 44.7 Å². The average molecular weight is 354 g/mol. The Hall–Kier alpha value is -1.40. The van der Waals surface area contributed by atoms with Gasteiger partial charge in [0, 0.05) is 6.42 Å². The summed E-state index contributed by atoms with van der Waals surface area (Å²) in [5.74, 6) is -0.120. The topological polar surface area (TPSA) is 69.7 Å². The molecule has 0 radical (unpaired) electrons. The summed E-state index contributed by atoms with van der Waals surface area (Å²) in [4.78, 5) is 12.2. The Bertz CT molecular complexity index is 659. The minimum atomic E-state index is -3.72. The van der Waals surface area contributed by atoms with Crippen LogP contribution in [0.2, 0.25) is 0 Å². The van der Waals surface area contributed by atoms with Crippen LogP contribution in [0.5, 0.6) is 0 Å². The van der Waals surface area contributed by atoms with Crippen molar-refractivity contribution in [2.24, 2.45) is 5.41 Å². The Kier molecular flexibility index (Phi) is 6.04. The number of carbonyl (C=O) groups is 1. The van der Waals surface area contributed by atoms with Gasteiger partial charge in [-0.1, -0.05) is 31.5 Å². The largest absolute Gasteiger partial charge is 0.462 e. The Labute approximate surface area is 144 Å². The molecule has 5 nitrogen and oxygen atoms in total. The summed E-state index contributed by atoms with van der Waals surface area (Å²) >= 11 is 0. The molecule has 1 aromatic rings. The first kappa shape index (κ1) is 18.9. The summed E-state index contributed by atoms with van der Waals surface area (Å²) in [7, 11) is -3.72. The second-order valence-corrected chi connectivity index (χ2v) is 8.07. The summed E-state index contributed by atoms with van der Waals surface area (Å²) in [6.07, 6.45) is 3.28. The molecule has 6 heteroatoms. The summed E-state index contributed by atoms with van der Waals surface area (Å²) in [6.45, 7) is 6.00. The summed E-state index contributed by atoms with van der Waals surface area (Å²) in [5, 5.41) is 0. The first-order valence-corrected chi connectivity index (χ1v) is 9.91. The maximum Gasteiger partial charge on any atom is 0.312 e. The maximum atomic E-state index is 12.1. The molecule has 1 aromatic carbocycles. The van der Waals surface area contributed by atoms with Crippen LogP contribution < -0.4 is 0 Å². The molecule has 1 saturated heterocycles. The lowest BCUT2D eigenvalue weighted by molar-refractivity contribution is -0.149. The smallest absolute Gasteiger partial charge is 0.312 e. The van der Waals surface area contributed by atoms with Gasteiger partial charge in [0.2, 0.25) is 0 Å². The quantitative estimate of drug-likeness (QED) is 0.405. The van der Waals surface area contributed by atoms with Crippen LogP contribution >= 0.6 is 0 Å². The van der Waals surface area contributed by atoms with Crippen molar-refractivity contribution in [2.75, 3.05) is 6.61 Å². The number of esters is 1. The predicted octanol–water partition coefficient (Wildman–Crippen LogP) is 3.60. The number of carbonyl (C=O) groups excluding carboxylic acids is 1. The molecule has 1 aliphatic heterocycles. The van der Waals surface area contributed by atoms with Crippen LogP contribution in [0.25, 0.3) is 0 Å². The fraction of sp³-hybridized carbons (Fsp3) is 0.611. The zero-order valence-corrected chi connectivity index (χ0v) is 15.4. The lowest BCUT2D eigenvalue weighted by Crippen LogP contribution is -2.24. The van der Waals surface area contributed by atoms with Gasteiger partial charge in [0.1, 0.15) is 6.10 Å². The minimum absolute atomic E-state index is 0.0928. The molecule has 0 spiro atoms. The van der Waals surface area contributed by atoms with E-state index in [-0.39, 0.29) is 29.0 Å². The first-order valence-electron chi connectivity index (χ1n) is 8.50. The molecule has 0 saturated carbocycles. The summed E-state index contributed by atoms with van der Waals surface area (Å²) in [5.41, 5.74) is 0.631. The molecule has 2 rings (SSSR count). The van der Waals surface area contributed by atoms with Crippen molar-refractivity contribution in [3.8, 4) is 0 Å². The highest BCUT2D eigenvalue weighted by Gasteiger charge is 2.45. The van der Waals surface area contributed by atoms with Gasteiger partial charge in [-0.3, -0.25) is 8.98 Å². The Morgan fingerprint density at radius 2 is 1.83 bits per heavy atom. The Morgan fingerprint density at radius 1 is 1.21 bits per heavy atom. The van der Waals surface area contributed by atoms with Crippen LogP contribution in [-0.4, -0.2) is 27.1 Å². The zero-order valence-electron chi connectivity index (χ0n) is 14.6. The Morgan fingerprint density at radius 3 is 2.38 bits per heavy atom. The second kappa shape index (κ2) is 7.66. The van der Waals surface area contributed by atoms with E-state index in [1.165, 1.54) is 0 Å². The standard InChI is InChI=1S/C18H26O5S/c1-4-18(5-2)13-15(23-17(18)19)7-6-12-22-24(20,21)16-10-8-14(3)9-11-16/h8-11,15H,4-7,12-13H2,1-3H3. The van der Waals surface area contributed by atoms with Gasteiger partial charge in [0.15, 0.2) is 0 Å². The normalized spacial score (nSPS) is 20.1. The SMILES string of the molecule is CCC1(CC)CC(CCCOS(=O)(=O)c2ccc(C)cc2)OC1=O. The van der Waals surface area contributed by atoms with Crippen LogP contribution in [0.4, 0.5) is 0 Å². The van der Waals surface area contributed by atoms with Crippen LogP contribution in [0, 0.1) is 12.3 Å². The number of rotatable bonds is 8. The molecule has 1 fully saturated rings. The Balaban J connectivity index is 1.81. The molecule has 0 aromatic heterocycles. The third-order valence-electron chi connectivity index (χ3n) is 4.90. The van der Waals surface area contributed by atoms with E-state index in [2.05, 4.69) is 0 Å². The van der Waals surface area contributed by atoms with E-state index in [0.717, 1.165) is 18.4 Å². The zero-order chi connectivity index (χ0) is 17.8. The van der Waals surface area contributed by atoms with Crippen molar-refractivity contribution in [3.05, 3.63) is 29.8 Å². The lowest BCUT2D eigenvalue weighted by atomic mass is 9.79. The third kappa shape index (κ3) is 4.16. The fourth-order valence-corrected chi connectivity index (χ4v) is 4.02. The van der Waals surface area contributed by atoms with Gasteiger partial charge in [-0.15, -0.1) is 0 Å². The van der Waals surface area contributed by atoms with E-state index < -0.39 is 10.1 Å². The first-order chi connectivity index (χ1) is 11.3. The molecular weight excluding hydrogens is 328 g/mol. The predicted molar refractivity (Wildman–Crippen MR) is 91.1 cm³/mol. The fourth-order valence-electron chi connectivity index (χ4n) is 3.08. The molecule has 0 amide bonds. The van der Waals surface area contributed by atoms with Crippen molar-refractivity contribution >= 4 is 16.1 Å². The number of hydrogen-bond acceptors (Lipinski definition) is 5. The molecule has 24 heavy (non-hydrogen) atoms. The van der Waals surface area contributed by atoms with Crippen molar-refractivity contribution in [3.63, 3.8) is 0 Å². The van der Waals surface area contributed by atoms with E-state index in [4.69, 9.17) is 8.92 Å². The summed E-state index contributed by atoms with van der Waals surface area (Å²) in [6, 6.07) is 6.56. The average Bonchev–Trinajstić information content (AvgIpc) is 2.88.